The molecule has 1 saturated carbocycles. The minimum atomic E-state index is -0.926. The molecule has 0 spiro atoms. The number of benzene rings is 2. The lowest BCUT2D eigenvalue weighted by atomic mass is 9.82. The van der Waals surface area contributed by atoms with E-state index in [4.69, 9.17) is 4.74 Å². The molecule has 2 N–H and O–H groups in total. The normalized spacial score (nSPS) is 19.6. The summed E-state index contributed by atoms with van der Waals surface area (Å²) in [6.45, 7) is 9.69. The first-order valence-electron chi connectivity index (χ1n) is 15.9. The summed E-state index contributed by atoms with van der Waals surface area (Å²) in [5.74, 6) is 1.21. The number of tetrazole rings is 1. The molecule has 0 amide bonds. The van der Waals surface area contributed by atoms with Crippen LogP contribution in [-0.4, -0.2) is 62.2 Å². The summed E-state index contributed by atoms with van der Waals surface area (Å²) < 4.78 is 10.1. The van der Waals surface area contributed by atoms with Gasteiger partial charge in [-0.05, 0) is 86.9 Å². The molecule has 0 saturated heterocycles. The molecule has 2 aromatic carbocycles. The maximum absolute atomic E-state index is 14.4. The van der Waals surface area contributed by atoms with Gasteiger partial charge in [0.2, 0.25) is 5.78 Å². The number of hydrogen-bond acceptors (Lipinski definition) is 8. The van der Waals surface area contributed by atoms with E-state index in [1.54, 1.807) is 20.2 Å². The second-order valence-corrected chi connectivity index (χ2v) is 13.1. The van der Waals surface area contributed by atoms with Crippen molar-refractivity contribution in [1.82, 2.24) is 39.8 Å². The molecule has 45 heavy (non-hydrogen) atoms. The number of aliphatic hydroxyl groups is 1. The van der Waals surface area contributed by atoms with Crippen LogP contribution in [0, 0.1) is 0 Å². The SMILES string of the molecule is CCCc1c(Cc2ccc(-c3ccccc3-c3nnn[nH]3)cc2)c(=O)n(C2CCC(C)(OC(C)C(C)(C)O)CC2)c2ncnn12. The van der Waals surface area contributed by atoms with Crippen molar-refractivity contribution in [3.8, 4) is 22.5 Å². The van der Waals surface area contributed by atoms with Crippen LogP contribution >= 0.6 is 0 Å². The van der Waals surface area contributed by atoms with Crippen LogP contribution in [0.15, 0.2) is 59.7 Å². The van der Waals surface area contributed by atoms with Gasteiger partial charge in [0, 0.05) is 23.6 Å². The molecule has 3 aromatic heterocycles. The number of nitrogens with one attached hydrogen (secondary N) is 1. The highest BCUT2D eigenvalue weighted by Gasteiger charge is 2.38. The number of rotatable bonds is 10. The summed E-state index contributed by atoms with van der Waals surface area (Å²) in [7, 11) is 0. The summed E-state index contributed by atoms with van der Waals surface area (Å²) >= 11 is 0. The zero-order valence-corrected chi connectivity index (χ0v) is 26.7. The molecule has 1 fully saturated rings. The lowest BCUT2D eigenvalue weighted by molar-refractivity contribution is -0.163. The van der Waals surface area contributed by atoms with Crippen molar-refractivity contribution < 1.29 is 9.84 Å². The molecule has 236 valence electrons. The molecule has 11 heteroatoms. The summed E-state index contributed by atoms with van der Waals surface area (Å²) in [6.07, 6.45) is 6.47. The van der Waals surface area contributed by atoms with E-state index in [1.807, 2.05) is 34.2 Å². The molecule has 1 atom stereocenters. The molecule has 1 unspecified atom stereocenters. The zero-order chi connectivity index (χ0) is 31.8. The summed E-state index contributed by atoms with van der Waals surface area (Å²) in [4.78, 5) is 19.0. The second kappa shape index (κ2) is 12.3. The number of fused-ring (bicyclic) bond motifs is 1. The Hall–Kier alpha value is -4.22. The number of aromatic amines is 1. The van der Waals surface area contributed by atoms with Gasteiger partial charge in [0.25, 0.3) is 5.56 Å². The van der Waals surface area contributed by atoms with Crippen LogP contribution in [0.2, 0.25) is 0 Å². The van der Waals surface area contributed by atoms with E-state index >= 15 is 0 Å². The van der Waals surface area contributed by atoms with Crippen LogP contribution in [0.4, 0.5) is 0 Å². The van der Waals surface area contributed by atoms with Crippen molar-refractivity contribution in [2.75, 3.05) is 0 Å². The monoisotopic (exact) mass is 610 g/mol. The Labute approximate surface area is 262 Å². The molecule has 0 bridgehead atoms. The number of nitrogens with zero attached hydrogens (tertiary/aromatic N) is 7. The van der Waals surface area contributed by atoms with E-state index < -0.39 is 5.60 Å². The fourth-order valence-electron chi connectivity index (χ4n) is 6.46. The zero-order valence-electron chi connectivity index (χ0n) is 26.7. The first-order chi connectivity index (χ1) is 21.6. The Morgan fingerprint density at radius 2 is 1.82 bits per heavy atom. The van der Waals surface area contributed by atoms with Gasteiger partial charge >= 0.3 is 0 Å². The van der Waals surface area contributed by atoms with Crippen LogP contribution in [0.5, 0.6) is 0 Å². The van der Waals surface area contributed by atoms with E-state index in [9.17, 15) is 9.90 Å². The first-order valence-corrected chi connectivity index (χ1v) is 15.9. The third kappa shape index (κ3) is 6.19. The molecule has 1 aliphatic rings. The number of hydrogen-bond donors (Lipinski definition) is 2. The number of aromatic nitrogens is 8. The highest BCUT2D eigenvalue weighted by molar-refractivity contribution is 5.80. The van der Waals surface area contributed by atoms with Crippen molar-refractivity contribution in [2.24, 2.45) is 0 Å². The Balaban J connectivity index is 1.31. The van der Waals surface area contributed by atoms with Gasteiger partial charge in [-0.3, -0.25) is 9.36 Å². The molecule has 1 aliphatic carbocycles. The van der Waals surface area contributed by atoms with Gasteiger partial charge in [-0.15, -0.1) is 5.10 Å². The van der Waals surface area contributed by atoms with Crippen molar-refractivity contribution >= 4 is 5.78 Å². The van der Waals surface area contributed by atoms with Gasteiger partial charge in [-0.1, -0.05) is 61.9 Å². The van der Waals surface area contributed by atoms with Gasteiger partial charge < -0.3 is 9.84 Å². The van der Waals surface area contributed by atoms with Gasteiger partial charge in [0.1, 0.15) is 6.33 Å². The number of H-pyrrole nitrogens is 1. The Bertz CT molecular complexity index is 1810. The molecule has 0 radical (unpaired) electrons. The van der Waals surface area contributed by atoms with Crippen molar-refractivity contribution in [3.63, 3.8) is 0 Å². The lowest BCUT2D eigenvalue weighted by Crippen LogP contribution is -2.45. The van der Waals surface area contributed by atoms with Crippen LogP contribution in [0.1, 0.15) is 89.6 Å². The minimum absolute atomic E-state index is 0.00516. The van der Waals surface area contributed by atoms with E-state index in [0.29, 0.717) is 18.0 Å². The quantitative estimate of drug-likeness (QED) is 0.217. The average molecular weight is 611 g/mol. The Kier molecular flexibility index (Phi) is 8.41. The number of ether oxygens (including phenoxy) is 1. The smallest absolute Gasteiger partial charge is 0.259 e. The second-order valence-electron chi connectivity index (χ2n) is 13.1. The molecular weight excluding hydrogens is 568 g/mol. The van der Waals surface area contributed by atoms with Gasteiger partial charge in [0.15, 0.2) is 5.82 Å². The molecular formula is C34H42N8O3. The minimum Gasteiger partial charge on any atom is -0.388 e. The van der Waals surface area contributed by atoms with Crippen molar-refractivity contribution in [3.05, 3.63) is 82.0 Å². The third-order valence-corrected chi connectivity index (χ3v) is 9.32. The number of aryl methyl sites for hydroxylation is 1. The van der Waals surface area contributed by atoms with Crippen LogP contribution < -0.4 is 5.56 Å². The lowest BCUT2D eigenvalue weighted by Gasteiger charge is -2.42. The van der Waals surface area contributed by atoms with E-state index in [-0.39, 0.29) is 23.3 Å². The summed E-state index contributed by atoms with van der Waals surface area (Å²) in [6, 6.07) is 16.3. The van der Waals surface area contributed by atoms with Crippen LogP contribution in [0.3, 0.4) is 0 Å². The molecule has 11 nitrogen and oxygen atoms in total. The van der Waals surface area contributed by atoms with E-state index in [2.05, 4.69) is 74.9 Å². The maximum Gasteiger partial charge on any atom is 0.259 e. The largest absolute Gasteiger partial charge is 0.388 e. The fourth-order valence-corrected chi connectivity index (χ4v) is 6.46. The van der Waals surface area contributed by atoms with Gasteiger partial charge in [-0.25, -0.2) is 9.61 Å². The molecule has 3 heterocycles. The standard InChI is InChI=1S/C34H42N8O3/c1-6-9-29-28(20-23-12-14-24(15-13-23)26-10-7-8-11-27(26)30-37-39-40-38-30)31(43)41(32-35-21-36-42(29)32)25-16-18-34(5,19-17-25)45-22(2)33(3,4)44/h7-8,10-15,21-22,25,44H,6,9,16-20H2,1-5H3,(H,37,38,39,40). The Morgan fingerprint density at radius 3 is 2.47 bits per heavy atom. The Morgan fingerprint density at radius 1 is 1.11 bits per heavy atom. The molecule has 0 aliphatic heterocycles. The predicted molar refractivity (Wildman–Crippen MR) is 172 cm³/mol. The van der Waals surface area contributed by atoms with E-state index in [0.717, 1.165) is 72.0 Å². The van der Waals surface area contributed by atoms with Gasteiger partial charge in [0.05, 0.1) is 23.0 Å². The first kappa shape index (κ1) is 30.8. The average Bonchev–Trinajstić information content (AvgIpc) is 3.73. The highest BCUT2D eigenvalue weighted by Crippen LogP contribution is 2.39. The fraction of sp³-hybridized carbons (Fsp3) is 0.471. The van der Waals surface area contributed by atoms with Crippen LogP contribution in [-0.2, 0) is 17.6 Å². The topological polar surface area (TPSA) is 136 Å². The highest BCUT2D eigenvalue weighted by atomic mass is 16.5. The summed E-state index contributed by atoms with van der Waals surface area (Å²) in [5, 5.41) is 29.4. The molecule has 5 aromatic rings. The van der Waals surface area contributed by atoms with Crippen molar-refractivity contribution in [2.45, 2.75) is 103 Å². The van der Waals surface area contributed by atoms with E-state index in [1.165, 1.54) is 0 Å². The van der Waals surface area contributed by atoms with Crippen molar-refractivity contribution in [1.29, 1.82) is 0 Å². The van der Waals surface area contributed by atoms with Crippen LogP contribution in [0.25, 0.3) is 28.3 Å². The predicted octanol–water partition coefficient (Wildman–Crippen LogP) is 5.33. The third-order valence-electron chi connectivity index (χ3n) is 9.32. The molecule has 6 rings (SSSR count). The van der Waals surface area contributed by atoms with Gasteiger partial charge in [-0.2, -0.15) is 10.1 Å². The maximum atomic E-state index is 14.4. The summed E-state index contributed by atoms with van der Waals surface area (Å²) in [5.41, 5.74) is 4.42.